The molecule has 0 spiro atoms. The zero-order chi connectivity index (χ0) is 14.8. The van der Waals surface area contributed by atoms with Gasteiger partial charge in [-0.15, -0.1) is 0 Å². The van der Waals surface area contributed by atoms with Crippen molar-refractivity contribution in [2.45, 2.75) is 17.5 Å². The standard InChI is InChI=1S/C10H10BrClF3NO2S/c1-16(5-4-10(13,14)15)19(17,18)9-3-2-7(11)6-8(9)12/h2-3,6H,4-5H2,1H3. The number of alkyl halides is 3. The van der Waals surface area contributed by atoms with E-state index in [0.717, 1.165) is 7.05 Å². The highest BCUT2D eigenvalue weighted by molar-refractivity contribution is 9.10. The summed E-state index contributed by atoms with van der Waals surface area (Å²) in [5.74, 6) is 0. The Morgan fingerprint density at radius 2 is 1.95 bits per heavy atom. The van der Waals surface area contributed by atoms with Crippen LogP contribution in [-0.2, 0) is 10.0 Å². The van der Waals surface area contributed by atoms with Gasteiger partial charge in [0.25, 0.3) is 0 Å². The summed E-state index contributed by atoms with van der Waals surface area (Å²) in [6.45, 7) is -0.655. The number of hydrogen-bond donors (Lipinski definition) is 0. The van der Waals surface area contributed by atoms with Crippen LogP contribution in [0.3, 0.4) is 0 Å². The molecule has 0 saturated carbocycles. The Morgan fingerprint density at radius 1 is 1.37 bits per heavy atom. The number of rotatable bonds is 4. The molecular weight excluding hydrogens is 371 g/mol. The molecular formula is C10H10BrClF3NO2S. The molecule has 0 unspecified atom stereocenters. The third-order valence-electron chi connectivity index (χ3n) is 2.29. The van der Waals surface area contributed by atoms with Crippen molar-refractivity contribution in [1.82, 2.24) is 4.31 Å². The first kappa shape index (κ1) is 16.7. The van der Waals surface area contributed by atoms with Gasteiger partial charge in [0, 0.05) is 18.1 Å². The van der Waals surface area contributed by atoms with E-state index >= 15 is 0 Å². The van der Waals surface area contributed by atoms with Crippen molar-refractivity contribution >= 4 is 37.6 Å². The van der Waals surface area contributed by atoms with Crippen molar-refractivity contribution in [1.29, 1.82) is 0 Å². The van der Waals surface area contributed by atoms with Crippen LogP contribution in [0.5, 0.6) is 0 Å². The topological polar surface area (TPSA) is 37.4 Å². The molecule has 3 nitrogen and oxygen atoms in total. The van der Waals surface area contributed by atoms with E-state index in [1.165, 1.54) is 18.2 Å². The SMILES string of the molecule is CN(CCC(F)(F)F)S(=O)(=O)c1ccc(Br)cc1Cl. The Bertz CT molecular complexity index is 562. The molecule has 0 heterocycles. The quantitative estimate of drug-likeness (QED) is 0.799. The summed E-state index contributed by atoms with van der Waals surface area (Å²) in [5.41, 5.74) is 0. The summed E-state index contributed by atoms with van der Waals surface area (Å²) in [5, 5.41) is -0.0479. The molecule has 0 aromatic heterocycles. The van der Waals surface area contributed by atoms with Crippen molar-refractivity contribution in [3.63, 3.8) is 0 Å². The first-order chi connectivity index (χ1) is 8.54. The number of hydrogen-bond acceptors (Lipinski definition) is 2. The number of nitrogens with zero attached hydrogens (tertiary/aromatic N) is 1. The van der Waals surface area contributed by atoms with Gasteiger partial charge >= 0.3 is 6.18 Å². The summed E-state index contributed by atoms with van der Waals surface area (Å²) in [6, 6.07) is 4.06. The van der Waals surface area contributed by atoms with Gasteiger partial charge in [-0.3, -0.25) is 0 Å². The highest BCUT2D eigenvalue weighted by atomic mass is 79.9. The van der Waals surface area contributed by atoms with Crippen molar-refractivity contribution in [3.05, 3.63) is 27.7 Å². The van der Waals surface area contributed by atoms with Crippen LogP contribution < -0.4 is 0 Å². The number of benzene rings is 1. The summed E-state index contributed by atoms with van der Waals surface area (Å²) in [7, 11) is -2.95. The van der Waals surface area contributed by atoms with E-state index in [9.17, 15) is 21.6 Å². The molecule has 1 aromatic rings. The van der Waals surface area contributed by atoms with Gasteiger partial charge in [0.2, 0.25) is 10.0 Å². The molecule has 19 heavy (non-hydrogen) atoms. The van der Waals surface area contributed by atoms with Crippen molar-refractivity contribution in [3.8, 4) is 0 Å². The minimum Gasteiger partial charge on any atom is -0.207 e. The maximum absolute atomic E-state index is 12.1. The molecule has 0 aliphatic heterocycles. The first-order valence-electron chi connectivity index (χ1n) is 5.02. The molecule has 1 rings (SSSR count). The van der Waals surface area contributed by atoms with Gasteiger partial charge in [0.05, 0.1) is 11.4 Å². The average molecular weight is 381 g/mol. The van der Waals surface area contributed by atoms with Crippen LogP contribution >= 0.6 is 27.5 Å². The molecule has 0 atom stereocenters. The average Bonchev–Trinajstić information content (AvgIpc) is 2.24. The summed E-state index contributed by atoms with van der Waals surface area (Å²) >= 11 is 8.91. The Kier molecular flexibility index (Phi) is 5.28. The number of halogens is 5. The predicted molar refractivity (Wildman–Crippen MR) is 69.6 cm³/mol. The molecule has 108 valence electrons. The van der Waals surface area contributed by atoms with Crippen LogP contribution in [-0.4, -0.2) is 32.5 Å². The van der Waals surface area contributed by atoms with E-state index in [1.807, 2.05) is 0 Å². The van der Waals surface area contributed by atoms with Crippen LogP contribution in [0.25, 0.3) is 0 Å². The van der Waals surface area contributed by atoms with Crippen molar-refractivity contribution in [2.24, 2.45) is 0 Å². The third kappa shape index (κ3) is 4.62. The summed E-state index contributed by atoms with van der Waals surface area (Å²) < 4.78 is 61.5. The Labute approximate surface area is 122 Å². The lowest BCUT2D eigenvalue weighted by molar-refractivity contribution is -0.135. The lowest BCUT2D eigenvalue weighted by atomic mass is 10.4. The minimum absolute atomic E-state index is 0.0479. The fourth-order valence-electron chi connectivity index (χ4n) is 1.26. The Hall–Kier alpha value is -0.310. The molecule has 1 aromatic carbocycles. The molecule has 0 bridgehead atoms. The molecule has 0 radical (unpaired) electrons. The Morgan fingerprint density at radius 3 is 2.42 bits per heavy atom. The second-order valence-electron chi connectivity index (χ2n) is 3.77. The molecule has 9 heteroatoms. The zero-order valence-corrected chi connectivity index (χ0v) is 12.9. The molecule has 0 amide bonds. The van der Waals surface area contributed by atoms with Crippen LogP contribution in [0.1, 0.15) is 6.42 Å². The molecule has 0 aliphatic carbocycles. The van der Waals surface area contributed by atoms with Gasteiger partial charge in [-0.2, -0.15) is 13.2 Å². The van der Waals surface area contributed by atoms with E-state index in [2.05, 4.69) is 15.9 Å². The van der Waals surface area contributed by atoms with E-state index in [1.54, 1.807) is 0 Å². The molecule has 0 aliphatic rings. The second-order valence-corrected chi connectivity index (χ2v) is 7.10. The van der Waals surface area contributed by atoms with E-state index in [0.29, 0.717) is 8.78 Å². The highest BCUT2D eigenvalue weighted by Gasteiger charge is 2.31. The monoisotopic (exact) mass is 379 g/mol. The molecule has 0 fully saturated rings. The van der Waals surface area contributed by atoms with Gasteiger partial charge < -0.3 is 0 Å². The lowest BCUT2D eigenvalue weighted by Crippen LogP contribution is -2.30. The first-order valence-corrected chi connectivity index (χ1v) is 7.63. The third-order valence-corrected chi connectivity index (χ3v) is 5.13. The van der Waals surface area contributed by atoms with Gasteiger partial charge in [0.15, 0.2) is 0 Å². The van der Waals surface area contributed by atoms with Gasteiger partial charge in [0.1, 0.15) is 4.90 Å². The lowest BCUT2D eigenvalue weighted by Gasteiger charge is -2.18. The highest BCUT2D eigenvalue weighted by Crippen LogP contribution is 2.28. The van der Waals surface area contributed by atoms with Gasteiger partial charge in [-0.1, -0.05) is 27.5 Å². The maximum atomic E-state index is 12.1. The van der Waals surface area contributed by atoms with Crippen LogP contribution in [0.2, 0.25) is 5.02 Å². The largest absolute Gasteiger partial charge is 0.390 e. The van der Waals surface area contributed by atoms with Crippen molar-refractivity contribution in [2.75, 3.05) is 13.6 Å². The van der Waals surface area contributed by atoms with Crippen LogP contribution in [0.4, 0.5) is 13.2 Å². The Balaban J connectivity index is 2.97. The molecule has 0 N–H and O–H groups in total. The predicted octanol–water partition coefficient (Wildman–Crippen LogP) is 3.68. The van der Waals surface area contributed by atoms with Crippen LogP contribution in [0, 0.1) is 0 Å². The minimum atomic E-state index is -4.41. The fourth-order valence-corrected chi connectivity index (χ4v) is 3.44. The second kappa shape index (κ2) is 5.99. The van der Waals surface area contributed by atoms with Crippen LogP contribution in [0.15, 0.2) is 27.6 Å². The maximum Gasteiger partial charge on any atom is 0.390 e. The molecule has 0 saturated heterocycles. The summed E-state index contributed by atoms with van der Waals surface area (Å²) in [6.07, 6.45) is -5.62. The van der Waals surface area contributed by atoms with E-state index in [4.69, 9.17) is 11.6 Å². The van der Waals surface area contributed by atoms with Gasteiger partial charge in [-0.05, 0) is 18.2 Å². The fraction of sp³-hybridized carbons (Fsp3) is 0.400. The van der Waals surface area contributed by atoms with E-state index < -0.39 is 29.2 Å². The summed E-state index contributed by atoms with van der Waals surface area (Å²) in [4.78, 5) is -0.220. The van der Waals surface area contributed by atoms with Crippen molar-refractivity contribution < 1.29 is 21.6 Å². The zero-order valence-electron chi connectivity index (χ0n) is 9.71. The van der Waals surface area contributed by atoms with Gasteiger partial charge in [-0.25, -0.2) is 12.7 Å². The smallest absolute Gasteiger partial charge is 0.207 e. The van der Waals surface area contributed by atoms with E-state index in [-0.39, 0.29) is 9.92 Å². The number of sulfonamides is 1. The normalized spacial score (nSPS) is 13.0.